The molecule has 24 heavy (non-hydrogen) atoms. The quantitative estimate of drug-likeness (QED) is 0.772. The Hall–Kier alpha value is -3.19. The Kier molecular flexibility index (Phi) is 4.83. The number of carbonyl (C=O) groups excluding carboxylic acids is 1. The number of aromatic nitrogens is 1. The monoisotopic (exact) mass is 315 g/mol. The zero-order chi connectivity index (χ0) is 16.8. The molecule has 0 saturated heterocycles. The van der Waals surface area contributed by atoms with E-state index in [0.717, 1.165) is 35.0 Å². The Labute approximate surface area is 140 Å². The Balaban J connectivity index is 1.56. The molecule has 0 saturated carbocycles. The van der Waals surface area contributed by atoms with Gasteiger partial charge in [0, 0.05) is 18.0 Å². The first-order valence-corrected chi connectivity index (χ1v) is 7.89. The van der Waals surface area contributed by atoms with E-state index in [1.165, 1.54) is 0 Å². The van der Waals surface area contributed by atoms with E-state index < -0.39 is 0 Å². The number of fused-ring (bicyclic) bond motifs is 1. The third-order valence-corrected chi connectivity index (χ3v) is 3.86. The molecule has 3 aromatic rings. The summed E-state index contributed by atoms with van der Waals surface area (Å²) >= 11 is 0. The van der Waals surface area contributed by atoms with Crippen molar-refractivity contribution in [2.45, 2.75) is 19.3 Å². The minimum absolute atomic E-state index is 0.0122. The summed E-state index contributed by atoms with van der Waals surface area (Å²) in [6, 6.07) is 19.2. The summed E-state index contributed by atoms with van der Waals surface area (Å²) in [4.78, 5) is 16.5. The number of hydrogen-bond acceptors (Lipinski definition) is 3. The van der Waals surface area contributed by atoms with Gasteiger partial charge in [-0.25, -0.2) is 0 Å². The lowest BCUT2D eigenvalue weighted by molar-refractivity contribution is -0.116. The largest absolute Gasteiger partial charge is 0.324 e. The summed E-state index contributed by atoms with van der Waals surface area (Å²) in [6.07, 6.45) is 3.74. The first-order chi connectivity index (χ1) is 11.8. The molecule has 4 heteroatoms. The predicted octanol–water partition coefficient (Wildman–Crippen LogP) is 4.07. The van der Waals surface area contributed by atoms with Gasteiger partial charge in [-0.05, 0) is 42.7 Å². The van der Waals surface area contributed by atoms with Crippen molar-refractivity contribution in [1.29, 1.82) is 5.26 Å². The molecule has 0 fully saturated rings. The van der Waals surface area contributed by atoms with Gasteiger partial charge in [0.2, 0.25) is 5.91 Å². The topological polar surface area (TPSA) is 65.8 Å². The van der Waals surface area contributed by atoms with E-state index in [2.05, 4.69) is 16.4 Å². The van der Waals surface area contributed by atoms with Crippen LogP contribution in [0.5, 0.6) is 0 Å². The fourth-order valence-corrected chi connectivity index (χ4v) is 2.62. The first kappa shape index (κ1) is 15.7. The van der Waals surface area contributed by atoms with Gasteiger partial charge in [0.25, 0.3) is 0 Å². The second-order valence-corrected chi connectivity index (χ2v) is 5.59. The van der Waals surface area contributed by atoms with Crippen LogP contribution in [-0.2, 0) is 11.2 Å². The second-order valence-electron chi connectivity index (χ2n) is 5.59. The maximum absolute atomic E-state index is 12.2. The standard InChI is InChI=1S/C20H17N3O/c21-14-16-11-9-15(10-12-16)4-1-8-19(24)23-18-7-2-5-17-6-3-13-22-20(17)18/h2-3,5-7,9-13H,1,4,8H2,(H,23,24). The normalized spacial score (nSPS) is 10.3. The highest BCUT2D eigenvalue weighted by Crippen LogP contribution is 2.21. The van der Waals surface area contributed by atoms with Gasteiger partial charge >= 0.3 is 0 Å². The maximum Gasteiger partial charge on any atom is 0.224 e. The van der Waals surface area contributed by atoms with E-state index in [4.69, 9.17) is 5.26 Å². The molecule has 1 heterocycles. The number of carbonyl (C=O) groups is 1. The molecule has 118 valence electrons. The fourth-order valence-electron chi connectivity index (χ4n) is 2.62. The molecular formula is C20H17N3O. The van der Waals surface area contributed by atoms with Crippen LogP contribution in [0.25, 0.3) is 10.9 Å². The predicted molar refractivity (Wildman–Crippen MR) is 94.5 cm³/mol. The van der Waals surface area contributed by atoms with Crippen molar-refractivity contribution in [3.05, 3.63) is 71.9 Å². The van der Waals surface area contributed by atoms with Gasteiger partial charge in [-0.1, -0.05) is 30.3 Å². The lowest BCUT2D eigenvalue weighted by Crippen LogP contribution is -2.12. The molecule has 1 aromatic heterocycles. The van der Waals surface area contributed by atoms with E-state index >= 15 is 0 Å². The van der Waals surface area contributed by atoms with E-state index in [1.807, 2.05) is 42.5 Å². The van der Waals surface area contributed by atoms with Crippen LogP contribution < -0.4 is 5.32 Å². The lowest BCUT2D eigenvalue weighted by atomic mass is 10.1. The highest BCUT2D eigenvalue weighted by atomic mass is 16.1. The molecule has 3 rings (SSSR count). The molecule has 0 atom stereocenters. The summed E-state index contributed by atoms with van der Waals surface area (Å²) in [5.74, 6) is -0.0122. The van der Waals surface area contributed by atoms with Crippen LogP contribution in [0.3, 0.4) is 0 Å². The summed E-state index contributed by atoms with van der Waals surface area (Å²) in [7, 11) is 0. The summed E-state index contributed by atoms with van der Waals surface area (Å²) in [6.45, 7) is 0. The Morgan fingerprint density at radius 3 is 2.67 bits per heavy atom. The van der Waals surface area contributed by atoms with Crippen molar-refractivity contribution in [2.75, 3.05) is 5.32 Å². The minimum atomic E-state index is -0.0122. The molecule has 0 unspecified atom stereocenters. The van der Waals surface area contributed by atoms with Gasteiger partial charge in [0.05, 0.1) is 22.8 Å². The van der Waals surface area contributed by atoms with Crippen molar-refractivity contribution in [1.82, 2.24) is 4.98 Å². The Bertz CT molecular complexity index is 889. The van der Waals surface area contributed by atoms with E-state index in [0.29, 0.717) is 12.0 Å². The van der Waals surface area contributed by atoms with Gasteiger partial charge in [-0.15, -0.1) is 0 Å². The van der Waals surface area contributed by atoms with Crippen LogP contribution >= 0.6 is 0 Å². The average Bonchev–Trinajstić information content (AvgIpc) is 2.63. The molecule has 1 amide bonds. The van der Waals surface area contributed by atoms with E-state index in [-0.39, 0.29) is 5.91 Å². The van der Waals surface area contributed by atoms with Crippen molar-refractivity contribution in [2.24, 2.45) is 0 Å². The number of nitrogens with one attached hydrogen (secondary N) is 1. The average molecular weight is 315 g/mol. The van der Waals surface area contributed by atoms with Gasteiger partial charge in [-0.3, -0.25) is 9.78 Å². The molecular weight excluding hydrogens is 298 g/mol. The number of nitrogens with zero attached hydrogens (tertiary/aromatic N) is 2. The first-order valence-electron chi connectivity index (χ1n) is 7.89. The zero-order valence-corrected chi connectivity index (χ0v) is 13.2. The fraction of sp³-hybridized carbons (Fsp3) is 0.150. The van der Waals surface area contributed by atoms with Crippen LogP contribution in [0.2, 0.25) is 0 Å². The number of aryl methyl sites for hydroxylation is 1. The number of amides is 1. The van der Waals surface area contributed by atoms with E-state index in [9.17, 15) is 4.79 Å². The van der Waals surface area contributed by atoms with Crippen LogP contribution in [0.15, 0.2) is 60.8 Å². The molecule has 1 N–H and O–H groups in total. The highest BCUT2D eigenvalue weighted by molar-refractivity contribution is 6.00. The maximum atomic E-state index is 12.2. The van der Waals surface area contributed by atoms with Crippen LogP contribution in [-0.4, -0.2) is 10.9 Å². The lowest BCUT2D eigenvalue weighted by Gasteiger charge is -2.08. The molecule has 4 nitrogen and oxygen atoms in total. The molecule has 0 bridgehead atoms. The van der Waals surface area contributed by atoms with Crippen LogP contribution in [0.4, 0.5) is 5.69 Å². The third-order valence-electron chi connectivity index (χ3n) is 3.86. The van der Waals surface area contributed by atoms with Gasteiger partial charge in [0.1, 0.15) is 0 Å². The van der Waals surface area contributed by atoms with Crippen molar-refractivity contribution in [3.8, 4) is 6.07 Å². The SMILES string of the molecule is N#Cc1ccc(CCCC(=O)Nc2cccc3cccnc23)cc1. The molecule has 2 aromatic carbocycles. The summed E-state index contributed by atoms with van der Waals surface area (Å²) < 4.78 is 0. The smallest absolute Gasteiger partial charge is 0.224 e. The number of benzene rings is 2. The molecule has 0 radical (unpaired) electrons. The molecule has 0 aliphatic carbocycles. The number of hydrogen-bond donors (Lipinski definition) is 1. The van der Waals surface area contributed by atoms with Gasteiger partial charge in [-0.2, -0.15) is 5.26 Å². The number of rotatable bonds is 5. The van der Waals surface area contributed by atoms with Crippen molar-refractivity contribution < 1.29 is 4.79 Å². The highest BCUT2D eigenvalue weighted by Gasteiger charge is 2.06. The van der Waals surface area contributed by atoms with Crippen molar-refractivity contribution in [3.63, 3.8) is 0 Å². The zero-order valence-electron chi connectivity index (χ0n) is 13.2. The minimum Gasteiger partial charge on any atom is -0.324 e. The Morgan fingerprint density at radius 1 is 1.08 bits per heavy atom. The van der Waals surface area contributed by atoms with Crippen LogP contribution in [0, 0.1) is 11.3 Å². The molecule has 0 spiro atoms. The molecule has 0 aliphatic heterocycles. The number of nitriles is 1. The number of para-hydroxylation sites is 1. The second kappa shape index (κ2) is 7.38. The number of anilines is 1. The van der Waals surface area contributed by atoms with Crippen LogP contribution in [0.1, 0.15) is 24.0 Å². The number of pyridine rings is 1. The Morgan fingerprint density at radius 2 is 1.88 bits per heavy atom. The van der Waals surface area contributed by atoms with E-state index in [1.54, 1.807) is 18.3 Å². The third kappa shape index (κ3) is 3.76. The van der Waals surface area contributed by atoms with Crippen molar-refractivity contribution >= 4 is 22.5 Å². The molecule has 0 aliphatic rings. The van der Waals surface area contributed by atoms with Gasteiger partial charge in [0.15, 0.2) is 0 Å². The summed E-state index contributed by atoms with van der Waals surface area (Å²) in [5, 5.41) is 12.7. The summed E-state index contributed by atoms with van der Waals surface area (Å²) in [5.41, 5.74) is 3.34. The van der Waals surface area contributed by atoms with Gasteiger partial charge < -0.3 is 5.32 Å².